The van der Waals surface area contributed by atoms with Crippen LogP contribution in [-0.4, -0.2) is 37.8 Å². The molecule has 1 heterocycles. The van der Waals surface area contributed by atoms with Crippen LogP contribution in [0.15, 0.2) is 30.3 Å². The van der Waals surface area contributed by atoms with Crippen molar-refractivity contribution in [3.8, 4) is 28.4 Å². The van der Waals surface area contributed by atoms with Gasteiger partial charge < -0.3 is 24.6 Å². The van der Waals surface area contributed by atoms with Gasteiger partial charge in [-0.05, 0) is 47.6 Å². The Morgan fingerprint density at radius 3 is 2.47 bits per heavy atom. The number of carboxylic acids is 1. The summed E-state index contributed by atoms with van der Waals surface area (Å²) in [6.45, 7) is 6.64. The van der Waals surface area contributed by atoms with Crippen molar-refractivity contribution < 1.29 is 28.9 Å². The van der Waals surface area contributed by atoms with E-state index in [1.165, 1.54) is 0 Å². The zero-order chi connectivity index (χ0) is 23.5. The summed E-state index contributed by atoms with van der Waals surface area (Å²) in [6.07, 6.45) is 1.26. The van der Waals surface area contributed by atoms with Crippen molar-refractivity contribution in [3.63, 3.8) is 0 Å². The Bertz CT molecular complexity index is 1010. The van der Waals surface area contributed by atoms with Crippen LogP contribution in [0.2, 0.25) is 0 Å². The molecule has 1 aliphatic heterocycles. The number of hydrogen-bond donors (Lipinski definition) is 2. The van der Waals surface area contributed by atoms with Crippen LogP contribution < -0.4 is 19.5 Å². The molecule has 0 saturated heterocycles. The quantitative estimate of drug-likeness (QED) is 0.563. The summed E-state index contributed by atoms with van der Waals surface area (Å²) < 4.78 is 17.5. The minimum atomic E-state index is -0.792. The van der Waals surface area contributed by atoms with Crippen LogP contribution in [0, 0.1) is 11.3 Å². The Hall–Kier alpha value is -3.22. The normalized spacial score (nSPS) is 13.8. The summed E-state index contributed by atoms with van der Waals surface area (Å²) in [5.41, 5.74) is 3.03. The number of benzene rings is 2. The first-order valence-corrected chi connectivity index (χ1v) is 10.7. The number of amides is 1. The number of hydrogen-bond acceptors (Lipinski definition) is 5. The number of rotatable bonds is 10. The van der Waals surface area contributed by atoms with E-state index >= 15 is 0 Å². The van der Waals surface area contributed by atoms with Gasteiger partial charge in [0.05, 0.1) is 26.7 Å². The highest BCUT2D eigenvalue weighted by atomic mass is 16.5. The number of nitrogens with one attached hydrogen (secondary N) is 1. The maximum absolute atomic E-state index is 12.2. The molecule has 3 rings (SSSR count). The molecular weight excluding hydrogens is 410 g/mol. The first-order chi connectivity index (χ1) is 15.2. The SMILES string of the molecule is COc1ccc(-c2cccc3c2CNC3=O)c(OCC(C)(C)CCC(C)C(=O)O)c1OC. The highest BCUT2D eigenvalue weighted by Crippen LogP contribution is 2.46. The maximum atomic E-state index is 12.2. The standard InChI is InChI=1S/C25H31NO6/c1-15(24(28)29)11-12-25(2,3)14-32-21-17(9-10-20(30-4)22(21)31-5)16-7-6-8-18-19(16)13-26-23(18)27/h6-10,15H,11-14H2,1-5H3,(H,26,27)(H,28,29). The molecular formula is C25H31NO6. The van der Waals surface area contributed by atoms with Crippen molar-refractivity contribution >= 4 is 11.9 Å². The number of aliphatic carboxylic acids is 1. The molecule has 0 bridgehead atoms. The molecule has 7 heteroatoms. The highest BCUT2D eigenvalue weighted by molar-refractivity contribution is 6.01. The van der Waals surface area contributed by atoms with Crippen LogP contribution in [0.25, 0.3) is 11.1 Å². The third kappa shape index (κ3) is 4.82. The fourth-order valence-electron chi connectivity index (χ4n) is 3.83. The van der Waals surface area contributed by atoms with E-state index in [0.717, 1.165) is 16.7 Å². The number of methoxy groups -OCH3 is 2. The highest BCUT2D eigenvalue weighted by Gasteiger charge is 2.28. The first-order valence-electron chi connectivity index (χ1n) is 10.7. The Balaban J connectivity index is 1.96. The predicted octanol–water partition coefficient (Wildman–Crippen LogP) is 4.52. The lowest BCUT2D eigenvalue weighted by atomic mass is 9.86. The van der Waals surface area contributed by atoms with Crippen LogP contribution in [0.3, 0.4) is 0 Å². The van der Waals surface area contributed by atoms with Crippen molar-refractivity contribution in [2.24, 2.45) is 11.3 Å². The van der Waals surface area contributed by atoms with Crippen LogP contribution in [0.1, 0.15) is 49.5 Å². The monoisotopic (exact) mass is 441 g/mol. The van der Waals surface area contributed by atoms with Gasteiger partial charge in [-0.15, -0.1) is 0 Å². The van der Waals surface area contributed by atoms with E-state index in [1.807, 2.05) is 30.3 Å². The van der Waals surface area contributed by atoms with Crippen molar-refractivity contribution in [2.75, 3.05) is 20.8 Å². The van der Waals surface area contributed by atoms with Crippen LogP contribution in [0.4, 0.5) is 0 Å². The lowest BCUT2D eigenvalue weighted by Gasteiger charge is -2.27. The molecule has 0 spiro atoms. The van der Waals surface area contributed by atoms with Gasteiger partial charge in [-0.3, -0.25) is 9.59 Å². The topological polar surface area (TPSA) is 94.1 Å². The van der Waals surface area contributed by atoms with Crippen LogP contribution in [-0.2, 0) is 11.3 Å². The zero-order valence-electron chi connectivity index (χ0n) is 19.3. The Morgan fingerprint density at radius 1 is 1.09 bits per heavy atom. The molecule has 172 valence electrons. The molecule has 1 aliphatic rings. The maximum Gasteiger partial charge on any atom is 0.306 e. The fourth-order valence-corrected chi connectivity index (χ4v) is 3.83. The third-order valence-corrected chi connectivity index (χ3v) is 5.92. The Labute approximate surface area is 188 Å². The number of carbonyl (C=O) groups is 2. The van der Waals surface area contributed by atoms with Gasteiger partial charge in [0.2, 0.25) is 5.75 Å². The van der Waals surface area contributed by atoms with E-state index in [0.29, 0.717) is 48.8 Å². The van der Waals surface area contributed by atoms with E-state index in [9.17, 15) is 14.7 Å². The summed E-state index contributed by atoms with van der Waals surface area (Å²) in [5.74, 6) is 0.282. The molecule has 1 amide bonds. The second-order valence-electron chi connectivity index (χ2n) is 8.92. The van der Waals surface area contributed by atoms with Crippen LogP contribution in [0.5, 0.6) is 17.2 Å². The summed E-state index contributed by atoms with van der Waals surface area (Å²) in [6, 6.07) is 9.37. The van der Waals surface area contributed by atoms with Crippen LogP contribution >= 0.6 is 0 Å². The van der Waals surface area contributed by atoms with E-state index < -0.39 is 11.9 Å². The summed E-state index contributed by atoms with van der Waals surface area (Å²) in [7, 11) is 3.13. The lowest BCUT2D eigenvalue weighted by Crippen LogP contribution is -2.24. The molecule has 7 nitrogen and oxygen atoms in total. The molecule has 0 saturated carbocycles. The molecule has 32 heavy (non-hydrogen) atoms. The number of fused-ring (bicyclic) bond motifs is 1. The lowest BCUT2D eigenvalue weighted by molar-refractivity contribution is -0.141. The summed E-state index contributed by atoms with van der Waals surface area (Å²) in [5, 5.41) is 12.1. The van der Waals surface area contributed by atoms with E-state index in [2.05, 4.69) is 19.2 Å². The molecule has 0 aromatic heterocycles. The second kappa shape index (κ2) is 9.51. The molecule has 0 radical (unpaired) electrons. The molecule has 2 aromatic carbocycles. The molecule has 1 unspecified atom stereocenters. The number of ether oxygens (including phenoxy) is 3. The van der Waals surface area contributed by atoms with E-state index in [1.54, 1.807) is 21.1 Å². The Kier molecular flexibility index (Phi) is 6.96. The number of carboxylic acid groups (broad SMARTS) is 1. The van der Waals surface area contributed by atoms with E-state index in [-0.39, 0.29) is 11.3 Å². The fraction of sp³-hybridized carbons (Fsp3) is 0.440. The third-order valence-electron chi connectivity index (χ3n) is 5.92. The average Bonchev–Trinajstić information content (AvgIpc) is 3.16. The molecule has 2 aromatic rings. The smallest absolute Gasteiger partial charge is 0.306 e. The van der Waals surface area contributed by atoms with Gasteiger partial charge in [0.1, 0.15) is 0 Å². The molecule has 0 fully saturated rings. The number of carbonyl (C=O) groups excluding carboxylic acids is 1. The Morgan fingerprint density at radius 2 is 1.81 bits per heavy atom. The van der Waals surface area contributed by atoms with Gasteiger partial charge in [0.15, 0.2) is 11.5 Å². The predicted molar refractivity (Wildman–Crippen MR) is 121 cm³/mol. The van der Waals surface area contributed by atoms with Gasteiger partial charge in [-0.2, -0.15) is 0 Å². The minimum Gasteiger partial charge on any atom is -0.493 e. The zero-order valence-corrected chi connectivity index (χ0v) is 19.3. The van der Waals surface area contributed by atoms with Crippen molar-refractivity contribution in [3.05, 3.63) is 41.5 Å². The van der Waals surface area contributed by atoms with Crippen molar-refractivity contribution in [1.82, 2.24) is 5.32 Å². The van der Waals surface area contributed by atoms with Gasteiger partial charge in [0, 0.05) is 17.7 Å². The van der Waals surface area contributed by atoms with Gasteiger partial charge >= 0.3 is 5.97 Å². The van der Waals surface area contributed by atoms with Gasteiger partial charge in [-0.25, -0.2) is 0 Å². The summed E-state index contributed by atoms with van der Waals surface area (Å²) in [4.78, 5) is 23.3. The minimum absolute atomic E-state index is 0.0847. The molecule has 1 atom stereocenters. The van der Waals surface area contributed by atoms with Gasteiger partial charge in [0.25, 0.3) is 5.91 Å². The second-order valence-corrected chi connectivity index (χ2v) is 8.92. The van der Waals surface area contributed by atoms with Gasteiger partial charge in [-0.1, -0.05) is 32.9 Å². The largest absolute Gasteiger partial charge is 0.493 e. The van der Waals surface area contributed by atoms with E-state index in [4.69, 9.17) is 14.2 Å². The first kappa shape index (κ1) is 23.4. The average molecular weight is 442 g/mol. The van der Waals surface area contributed by atoms with Crippen molar-refractivity contribution in [2.45, 2.75) is 40.2 Å². The molecule has 0 aliphatic carbocycles. The summed E-state index contributed by atoms with van der Waals surface area (Å²) >= 11 is 0. The van der Waals surface area contributed by atoms with Crippen molar-refractivity contribution in [1.29, 1.82) is 0 Å². The molecule has 2 N–H and O–H groups in total.